The summed E-state index contributed by atoms with van der Waals surface area (Å²) in [7, 11) is 1.80. The molecule has 1 fully saturated rings. The zero-order chi connectivity index (χ0) is 19.5. The van der Waals surface area contributed by atoms with Crippen molar-refractivity contribution in [2.75, 3.05) is 51.3 Å². The number of fused-ring (bicyclic) bond motifs is 1. The van der Waals surface area contributed by atoms with Gasteiger partial charge in [-0.2, -0.15) is 0 Å². The van der Waals surface area contributed by atoms with Crippen LogP contribution in [0.3, 0.4) is 0 Å². The van der Waals surface area contributed by atoms with Gasteiger partial charge < -0.3 is 19.4 Å². The van der Waals surface area contributed by atoms with Gasteiger partial charge in [0.1, 0.15) is 5.75 Å². The number of hydrogen-bond acceptors (Lipinski definition) is 4. The first-order valence-electron chi connectivity index (χ1n) is 9.71. The molecule has 0 bridgehead atoms. The molecular weight excluding hydrogens is 354 g/mol. The van der Waals surface area contributed by atoms with Gasteiger partial charge in [0.15, 0.2) is 6.61 Å². The van der Waals surface area contributed by atoms with Crippen molar-refractivity contribution < 1.29 is 14.3 Å². The first-order valence-corrected chi connectivity index (χ1v) is 9.71. The summed E-state index contributed by atoms with van der Waals surface area (Å²) in [5, 5.41) is 0. The van der Waals surface area contributed by atoms with Gasteiger partial charge in [-0.15, -0.1) is 0 Å². The number of nitrogens with zero attached hydrogens (tertiary/aromatic N) is 3. The molecule has 28 heavy (non-hydrogen) atoms. The second-order valence-corrected chi connectivity index (χ2v) is 7.25. The van der Waals surface area contributed by atoms with Crippen LogP contribution in [0.1, 0.15) is 15.9 Å². The number of likely N-dealkylation sites (N-methyl/N-ethyl adjacent to an activating group) is 1. The molecule has 0 saturated carbocycles. The van der Waals surface area contributed by atoms with Crippen molar-refractivity contribution in [3.05, 3.63) is 59.7 Å². The maximum absolute atomic E-state index is 12.6. The fourth-order valence-electron chi connectivity index (χ4n) is 3.83. The predicted octanol–water partition coefficient (Wildman–Crippen LogP) is 2.04. The van der Waals surface area contributed by atoms with Crippen LogP contribution in [0.2, 0.25) is 0 Å². The van der Waals surface area contributed by atoms with E-state index < -0.39 is 0 Å². The zero-order valence-corrected chi connectivity index (χ0v) is 16.1. The quantitative estimate of drug-likeness (QED) is 0.816. The van der Waals surface area contributed by atoms with Crippen molar-refractivity contribution >= 4 is 17.5 Å². The molecule has 1 saturated heterocycles. The molecular formula is C22H25N3O3. The number of ether oxygens (including phenoxy) is 1. The van der Waals surface area contributed by atoms with Crippen molar-refractivity contribution in [3.8, 4) is 5.75 Å². The second kappa shape index (κ2) is 7.92. The fourth-order valence-corrected chi connectivity index (χ4v) is 3.83. The highest BCUT2D eigenvalue weighted by Gasteiger charge is 2.25. The smallest absolute Gasteiger partial charge is 0.260 e. The van der Waals surface area contributed by atoms with E-state index in [1.807, 2.05) is 41.3 Å². The number of hydrogen-bond donors (Lipinski definition) is 0. The lowest BCUT2D eigenvalue weighted by atomic mass is 9.98. The van der Waals surface area contributed by atoms with Crippen LogP contribution in [0.25, 0.3) is 0 Å². The summed E-state index contributed by atoms with van der Waals surface area (Å²) in [4.78, 5) is 30.8. The standard InChI is InChI=1S/C22H25N3O3/c1-23-11-10-18-19(22(23)27)8-5-9-20(18)28-16-21(26)25-14-12-24(13-15-25)17-6-3-2-4-7-17/h2-9H,10-16H2,1H3. The average molecular weight is 379 g/mol. The predicted molar refractivity (Wildman–Crippen MR) is 108 cm³/mol. The molecule has 6 nitrogen and oxygen atoms in total. The zero-order valence-electron chi connectivity index (χ0n) is 16.1. The molecule has 2 aliphatic heterocycles. The van der Waals surface area contributed by atoms with Crippen LogP contribution in [-0.2, 0) is 11.2 Å². The van der Waals surface area contributed by atoms with Gasteiger partial charge in [-0.05, 0) is 30.7 Å². The summed E-state index contributed by atoms with van der Waals surface area (Å²) in [6, 6.07) is 15.7. The van der Waals surface area contributed by atoms with Crippen molar-refractivity contribution in [2.45, 2.75) is 6.42 Å². The van der Waals surface area contributed by atoms with E-state index in [0.29, 0.717) is 30.9 Å². The van der Waals surface area contributed by atoms with Crippen molar-refractivity contribution in [1.29, 1.82) is 0 Å². The molecule has 0 radical (unpaired) electrons. The largest absolute Gasteiger partial charge is 0.483 e. The number of anilines is 1. The molecule has 2 amide bonds. The SMILES string of the molecule is CN1CCc2c(OCC(=O)N3CCN(c4ccccc4)CC3)cccc2C1=O. The molecule has 6 heteroatoms. The van der Waals surface area contributed by atoms with Gasteiger partial charge in [0, 0.05) is 56.6 Å². The topological polar surface area (TPSA) is 53.1 Å². The van der Waals surface area contributed by atoms with E-state index in [1.54, 1.807) is 11.9 Å². The van der Waals surface area contributed by atoms with Gasteiger partial charge in [-0.1, -0.05) is 24.3 Å². The normalized spacial score (nSPS) is 16.8. The number of amides is 2. The lowest BCUT2D eigenvalue weighted by molar-refractivity contribution is -0.133. The summed E-state index contributed by atoms with van der Waals surface area (Å²) >= 11 is 0. The Morgan fingerprint density at radius 1 is 0.964 bits per heavy atom. The lowest BCUT2D eigenvalue weighted by Gasteiger charge is -2.36. The molecule has 0 aliphatic carbocycles. The maximum Gasteiger partial charge on any atom is 0.260 e. The van der Waals surface area contributed by atoms with E-state index in [4.69, 9.17) is 4.74 Å². The third-order valence-electron chi connectivity index (χ3n) is 5.51. The number of piperazine rings is 1. The van der Waals surface area contributed by atoms with Gasteiger partial charge in [0.25, 0.3) is 11.8 Å². The van der Waals surface area contributed by atoms with E-state index in [1.165, 1.54) is 5.69 Å². The van der Waals surface area contributed by atoms with E-state index in [2.05, 4.69) is 17.0 Å². The third kappa shape index (κ3) is 3.67. The Bertz CT molecular complexity index is 861. The summed E-state index contributed by atoms with van der Waals surface area (Å²) < 4.78 is 5.84. The summed E-state index contributed by atoms with van der Waals surface area (Å²) in [5.41, 5.74) is 2.78. The maximum atomic E-state index is 12.6. The Labute approximate surface area is 165 Å². The molecule has 146 valence electrons. The van der Waals surface area contributed by atoms with E-state index in [-0.39, 0.29) is 18.4 Å². The minimum absolute atomic E-state index is 0.00577. The van der Waals surface area contributed by atoms with Crippen LogP contribution < -0.4 is 9.64 Å². The van der Waals surface area contributed by atoms with Crippen LogP contribution in [0.4, 0.5) is 5.69 Å². The first kappa shape index (κ1) is 18.3. The number of carbonyl (C=O) groups excluding carboxylic acids is 2. The monoisotopic (exact) mass is 379 g/mol. The number of benzene rings is 2. The minimum Gasteiger partial charge on any atom is -0.483 e. The third-order valence-corrected chi connectivity index (χ3v) is 5.51. The first-order chi connectivity index (χ1) is 13.6. The van der Waals surface area contributed by atoms with E-state index in [9.17, 15) is 9.59 Å². The van der Waals surface area contributed by atoms with Gasteiger partial charge in [0.05, 0.1) is 0 Å². The van der Waals surface area contributed by atoms with Crippen molar-refractivity contribution in [1.82, 2.24) is 9.80 Å². The van der Waals surface area contributed by atoms with Crippen molar-refractivity contribution in [2.24, 2.45) is 0 Å². The van der Waals surface area contributed by atoms with Gasteiger partial charge in [-0.25, -0.2) is 0 Å². The lowest BCUT2D eigenvalue weighted by Crippen LogP contribution is -2.50. The molecule has 4 rings (SSSR count). The molecule has 0 N–H and O–H groups in total. The molecule has 2 aliphatic rings. The number of carbonyl (C=O) groups is 2. The van der Waals surface area contributed by atoms with E-state index in [0.717, 1.165) is 25.1 Å². The highest BCUT2D eigenvalue weighted by Crippen LogP contribution is 2.27. The van der Waals surface area contributed by atoms with Crippen LogP contribution in [0.5, 0.6) is 5.75 Å². The summed E-state index contributed by atoms with van der Waals surface area (Å²) in [6.45, 7) is 3.68. The highest BCUT2D eigenvalue weighted by molar-refractivity contribution is 5.97. The van der Waals surface area contributed by atoms with Crippen LogP contribution in [-0.4, -0.2) is 68.0 Å². The summed E-state index contributed by atoms with van der Waals surface area (Å²) in [6.07, 6.45) is 0.748. The molecule has 2 heterocycles. The summed E-state index contributed by atoms with van der Waals surface area (Å²) in [5.74, 6) is 0.648. The average Bonchev–Trinajstić information content (AvgIpc) is 2.75. The highest BCUT2D eigenvalue weighted by atomic mass is 16.5. The Balaban J connectivity index is 1.34. The molecule has 2 aromatic rings. The van der Waals surface area contributed by atoms with Crippen molar-refractivity contribution in [3.63, 3.8) is 0 Å². The Kier molecular flexibility index (Phi) is 5.19. The molecule has 0 atom stereocenters. The minimum atomic E-state index is -0.00966. The Hall–Kier alpha value is -3.02. The van der Waals surface area contributed by atoms with E-state index >= 15 is 0 Å². The Morgan fingerprint density at radius 3 is 2.46 bits per heavy atom. The number of para-hydroxylation sites is 1. The van der Waals surface area contributed by atoms with Crippen LogP contribution in [0.15, 0.2) is 48.5 Å². The molecule has 0 spiro atoms. The van der Waals surface area contributed by atoms with Gasteiger partial charge in [-0.3, -0.25) is 9.59 Å². The molecule has 0 unspecified atom stereocenters. The van der Waals surface area contributed by atoms with Gasteiger partial charge in [0.2, 0.25) is 0 Å². The molecule has 0 aromatic heterocycles. The second-order valence-electron chi connectivity index (χ2n) is 7.25. The Morgan fingerprint density at radius 2 is 1.71 bits per heavy atom. The van der Waals surface area contributed by atoms with Crippen LogP contribution >= 0.6 is 0 Å². The van der Waals surface area contributed by atoms with Gasteiger partial charge >= 0.3 is 0 Å². The number of rotatable bonds is 4. The fraction of sp³-hybridized carbons (Fsp3) is 0.364. The van der Waals surface area contributed by atoms with Crippen LogP contribution in [0, 0.1) is 0 Å². The molecule has 2 aromatic carbocycles.